The Morgan fingerprint density at radius 2 is 2.29 bits per heavy atom. The summed E-state index contributed by atoms with van der Waals surface area (Å²) in [4.78, 5) is 23.6. The fourth-order valence-electron chi connectivity index (χ4n) is 1.40. The Hall–Kier alpha value is -1.40. The molecule has 0 unspecified atom stereocenters. The number of hydrogen-bond acceptors (Lipinski definition) is 4. The van der Waals surface area contributed by atoms with Crippen molar-refractivity contribution in [2.75, 3.05) is 19.8 Å². The highest BCUT2D eigenvalue weighted by Gasteiger charge is 2.19. The summed E-state index contributed by atoms with van der Waals surface area (Å²) in [7, 11) is 0. The molecule has 2 N–H and O–H groups in total. The zero-order valence-corrected chi connectivity index (χ0v) is 10.1. The molecule has 0 aromatic carbocycles. The monoisotopic (exact) mass is 254 g/mol. The molecule has 1 aliphatic rings. The summed E-state index contributed by atoms with van der Waals surface area (Å²) in [5.41, 5.74) is 0. The predicted molar refractivity (Wildman–Crippen MR) is 64.0 cm³/mol. The second kappa shape index (κ2) is 5.79. The van der Waals surface area contributed by atoms with Gasteiger partial charge in [-0.1, -0.05) is 6.07 Å². The van der Waals surface area contributed by atoms with Crippen LogP contribution in [0.2, 0.25) is 0 Å². The van der Waals surface area contributed by atoms with E-state index in [9.17, 15) is 9.59 Å². The van der Waals surface area contributed by atoms with Crippen molar-refractivity contribution in [3.63, 3.8) is 0 Å². The first-order valence-corrected chi connectivity index (χ1v) is 6.32. The Morgan fingerprint density at radius 3 is 2.88 bits per heavy atom. The number of rotatable bonds is 5. The van der Waals surface area contributed by atoms with Gasteiger partial charge in [0.15, 0.2) is 0 Å². The molecule has 6 heteroatoms. The Balaban J connectivity index is 1.62. The van der Waals surface area contributed by atoms with Gasteiger partial charge in [-0.3, -0.25) is 9.59 Å². The molecule has 2 rings (SSSR count). The summed E-state index contributed by atoms with van der Waals surface area (Å²) in [5, 5.41) is 7.36. The zero-order valence-electron chi connectivity index (χ0n) is 9.27. The highest BCUT2D eigenvalue weighted by atomic mass is 32.1. The normalized spacial score (nSPS) is 15.1. The lowest BCUT2D eigenvalue weighted by atomic mass is 10.2. The molecule has 2 amide bonds. The van der Waals surface area contributed by atoms with Crippen molar-refractivity contribution >= 4 is 23.2 Å². The van der Waals surface area contributed by atoms with Crippen LogP contribution in [0.3, 0.4) is 0 Å². The maximum absolute atomic E-state index is 11.5. The number of amides is 2. The van der Waals surface area contributed by atoms with E-state index in [1.165, 1.54) is 11.3 Å². The average molecular weight is 254 g/mol. The molecule has 1 aliphatic heterocycles. The molecule has 17 heavy (non-hydrogen) atoms. The summed E-state index contributed by atoms with van der Waals surface area (Å²) in [6.45, 7) is 1.54. The molecule has 1 fully saturated rings. The zero-order chi connectivity index (χ0) is 12.1. The van der Waals surface area contributed by atoms with Crippen LogP contribution in [0.5, 0.6) is 0 Å². The summed E-state index contributed by atoms with van der Waals surface area (Å²) in [6, 6.07) is 3.73. The molecular weight excluding hydrogens is 240 g/mol. The van der Waals surface area contributed by atoms with Gasteiger partial charge in [0.05, 0.1) is 24.1 Å². The first kappa shape index (κ1) is 12.1. The first-order valence-electron chi connectivity index (χ1n) is 5.44. The standard InChI is InChI=1S/C11H14N2O3S/c14-10(13-8-6-16-7-8)3-4-12-11(15)9-2-1-5-17-9/h1-2,5,8H,3-4,6-7H2,(H,12,15)(H,13,14). The molecule has 5 nitrogen and oxygen atoms in total. The lowest BCUT2D eigenvalue weighted by Gasteiger charge is -2.26. The molecular formula is C11H14N2O3S. The molecule has 2 heterocycles. The minimum absolute atomic E-state index is 0.0511. The fraction of sp³-hybridized carbons (Fsp3) is 0.455. The molecule has 0 bridgehead atoms. The Kier molecular flexibility index (Phi) is 4.11. The molecule has 0 saturated carbocycles. The van der Waals surface area contributed by atoms with Crippen LogP contribution in [-0.4, -0.2) is 37.6 Å². The lowest BCUT2D eigenvalue weighted by molar-refractivity contribution is -0.125. The van der Waals surface area contributed by atoms with Crippen LogP contribution in [-0.2, 0) is 9.53 Å². The third kappa shape index (κ3) is 3.54. The number of ether oxygens (including phenoxy) is 1. The smallest absolute Gasteiger partial charge is 0.261 e. The van der Waals surface area contributed by atoms with E-state index in [0.29, 0.717) is 31.1 Å². The Morgan fingerprint density at radius 1 is 1.47 bits per heavy atom. The van der Waals surface area contributed by atoms with Gasteiger partial charge in [-0.05, 0) is 11.4 Å². The molecule has 1 aromatic rings. The van der Waals surface area contributed by atoms with Gasteiger partial charge in [0.1, 0.15) is 0 Å². The third-order valence-electron chi connectivity index (χ3n) is 2.39. The molecule has 0 spiro atoms. The van der Waals surface area contributed by atoms with Crippen LogP contribution < -0.4 is 10.6 Å². The van der Waals surface area contributed by atoms with Crippen molar-refractivity contribution in [3.8, 4) is 0 Å². The average Bonchev–Trinajstić information content (AvgIpc) is 2.76. The fourth-order valence-corrected chi connectivity index (χ4v) is 2.04. The maximum Gasteiger partial charge on any atom is 0.261 e. The van der Waals surface area contributed by atoms with Gasteiger partial charge in [0.25, 0.3) is 5.91 Å². The summed E-state index contributed by atoms with van der Waals surface area (Å²) in [5.74, 6) is -0.176. The number of carbonyl (C=O) groups excluding carboxylic acids is 2. The second-order valence-electron chi connectivity index (χ2n) is 3.79. The van der Waals surface area contributed by atoms with E-state index in [1.807, 2.05) is 11.4 Å². The summed E-state index contributed by atoms with van der Waals surface area (Å²) in [6.07, 6.45) is 0.299. The van der Waals surface area contributed by atoms with E-state index in [4.69, 9.17) is 4.74 Å². The first-order chi connectivity index (χ1) is 8.25. The lowest BCUT2D eigenvalue weighted by Crippen LogP contribution is -2.49. The van der Waals surface area contributed by atoms with Crippen molar-refractivity contribution in [1.82, 2.24) is 10.6 Å². The van der Waals surface area contributed by atoms with Gasteiger partial charge in [-0.25, -0.2) is 0 Å². The van der Waals surface area contributed by atoms with E-state index >= 15 is 0 Å². The number of carbonyl (C=O) groups is 2. The molecule has 92 valence electrons. The van der Waals surface area contributed by atoms with Crippen LogP contribution in [0, 0.1) is 0 Å². The molecule has 1 saturated heterocycles. The maximum atomic E-state index is 11.5. The summed E-state index contributed by atoms with van der Waals surface area (Å²) >= 11 is 1.38. The van der Waals surface area contributed by atoms with Crippen molar-refractivity contribution in [2.24, 2.45) is 0 Å². The van der Waals surface area contributed by atoms with E-state index in [2.05, 4.69) is 10.6 Å². The van der Waals surface area contributed by atoms with Crippen LogP contribution in [0.4, 0.5) is 0 Å². The van der Waals surface area contributed by atoms with Gasteiger partial charge >= 0.3 is 0 Å². The topological polar surface area (TPSA) is 67.4 Å². The third-order valence-corrected chi connectivity index (χ3v) is 3.25. The highest BCUT2D eigenvalue weighted by molar-refractivity contribution is 7.12. The number of nitrogens with one attached hydrogen (secondary N) is 2. The Labute approximate surface area is 103 Å². The van der Waals surface area contributed by atoms with E-state index in [0.717, 1.165) is 0 Å². The van der Waals surface area contributed by atoms with Crippen molar-refractivity contribution < 1.29 is 14.3 Å². The second-order valence-corrected chi connectivity index (χ2v) is 4.73. The van der Waals surface area contributed by atoms with Crippen LogP contribution in [0.1, 0.15) is 16.1 Å². The van der Waals surface area contributed by atoms with Crippen molar-refractivity contribution in [2.45, 2.75) is 12.5 Å². The van der Waals surface area contributed by atoms with Gasteiger partial charge in [0.2, 0.25) is 5.91 Å². The summed E-state index contributed by atoms with van der Waals surface area (Å²) < 4.78 is 4.94. The van der Waals surface area contributed by atoms with E-state index < -0.39 is 0 Å². The van der Waals surface area contributed by atoms with Crippen LogP contribution >= 0.6 is 11.3 Å². The minimum Gasteiger partial charge on any atom is -0.377 e. The van der Waals surface area contributed by atoms with Crippen molar-refractivity contribution in [3.05, 3.63) is 22.4 Å². The Bertz CT molecular complexity index is 387. The van der Waals surface area contributed by atoms with Crippen LogP contribution in [0.15, 0.2) is 17.5 Å². The quantitative estimate of drug-likeness (QED) is 0.798. The van der Waals surface area contributed by atoms with Crippen LogP contribution in [0.25, 0.3) is 0 Å². The molecule has 0 radical (unpaired) electrons. The SMILES string of the molecule is O=C(CCNC(=O)c1cccs1)NC1COC1. The van der Waals surface area contributed by atoms with E-state index in [1.54, 1.807) is 6.07 Å². The highest BCUT2D eigenvalue weighted by Crippen LogP contribution is 2.07. The number of hydrogen-bond donors (Lipinski definition) is 2. The molecule has 0 atom stereocenters. The molecule has 1 aromatic heterocycles. The predicted octanol–water partition coefficient (Wildman–Crippen LogP) is 0.383. The van der Waals surface area contributed by atoms with Gasteiger partial charge in [0, 0.05) is 13.0 Å². The minimum atomic E-state index is -0.125. The van der Waals surface area contributed by atoms with E-state index in [-0.39, 0.29) is 17.9 Å². The van der Waals surface area contributed by atoms with Gasteiger partial charge in [-0.15, -0.1) is 11.3 Å². The molecule has 0 aliphatic carbocycles. The van der Waals surface area contributed by atoms with Gasteiger partial charge < -0.3 is 15.4 Å². The number of thiophene rings is 1. The van der Waals surface area contributed by atoms with Gasteiger partial charge in [-0.2, -0.15) is 0 Å². The van der Waals surface area contributed by atoms with Crippen molar-refractivity contribution in [1.29, 1.82) is 0 Å². The largest absolute Gasteiger partial charge is 0.377 e.